The third-order valence-electron chi connectivity index (χ3n) is 5.13. The van der Waals surface area contributed by atoms with Gasteiger partial charge in [-0.05, 0) is 18.6 Å². The van der Waals surface area contributed by atoms with E-state index in [1.54, 1.807) is 13.0 Å². The van der Waals surface area contributed by atoms with Gasteiger partial charge in [0, 0.05) is 26.7 Å². The van der Waals surface area contributed by atoms with E-state index >= 15 is 0 Å². The number of rotatable bonds is 7. The van der Waals surface area contributed by atoms with Crippen LogP contribution in [-0.2, 0) is 28.6 Å². The molecule has 11 nitrogen and oxygen atoms in total. The molecule has 0 bridgehead atoms. The molecule has 1 aromatic rings. The van der Waals surface area contributed by atoms with Gasteiger partial charge in [0.1, 0.15) is 18.8 Å². The number of carbonyl (C=O) groups excluding carboxylic acids is 4. The van der Waals surface area contributed by atoms with Gasteiger partial charge in [-0.2, -0.15) is 0 Å². The fraction of sp³-hybridized carbons (Fsp3) is 0.524. The van der Waals surface area contributed by atoms with E-state index in [0.29, 0.717) is 11.3 Å². The van der Waals surface area contributed by atoms with Crippen LogP contribution >= 0.6 is 0 Å². The first-order valence-electron chi connectivity index (χ1n) is 9.93. The van der Waals surface area contributed by atoms with E-state index in [-0.39, 0.29) is 30.5 Å². The standard InChI is InChI=1S/C21H25NO10/c1-9(31-11(3)24)18(32-12(4)25)16-13-6-15-19(30-8-29-15)20(27-5)17(13)21(26)22-14(16)7-28-10(2)23/h6,9,14,16,18H,7-8H2,1-5H3,(H,22,26)/t9-,14+,16-,18+/m1/s1. The van der Waals surface area contributed by atoms with Crippen LogP contribution in [0.4, 0.5) is 0 Å². The number of methoxy groups -OCH3 is 1. The first-order valence-corrected chi connectivity index (χ1v) is 9.93. The topological polar surface area (TPSA) is 136 Å². The highest BCUT2D eigenvalue weighted by molar-refractivity contribution is 6.01. The van der Waals surface area contributed by atoms with Crippen LogP contribution in [-0.4, -0.2) is 62.6 Å². The SMILES string of the molecule is COc1c2c(cc3c1C(=O)N[C@@H](COC(C)=O)[C@@H]3[C@@H](OC(C)=O)[C@@H](C)OC(C)=O)OCO2. The summed E-state index contributed by atoms with van der Waals surface area (Å²) < 4.78 is 32.4. The Hall–Kier alpha value is -3.50. The molecule has 1 amide bonds. The van der Waals surface area contributed by atoms with Crippen molar-refractivity contribution in [1.29, 1.82) is 0 Å². The fourth-order valence-corrected chi connectivity index (χ4v) is 4.01. The Morgan fingerprint density at radius 2 is 1.81 bits per heavy atom. The summed E-state index contributed by atoms with van der Waals surface area (Å²) in [4.78, 5) is 48.1. The zero-order valence-electron chi connectivity index (χ0n) is 18.4. The van der Waals surface area contributed by atoms with E-state index in [2.05, 4.69) is 5.32 Å². The Balaban J connectivity index is 2.18. The van der Waals surface area contributed by atoms with Crippen molar-refractivity contribution < 1.29 is 47.6 Å². The first-order chi connectivity index (χ1) is 15.1. The molecule has 0 aliphatic carbocycles. The third-order valence-corrected chi connectivity index (χ3v) is 5.13. The van der Waals surface area contributed by atoms with Crippen molar-refractivity contribution in [3.05, 3.63) is 17.2 Å². The lowest BCUT2D eigenvalue weighted by atomic mass is 9.78. The van der Waals surface area contributed by atoms with Gasteiger partial charge >= 0.3 is 17.9 Å². The second kappa shape index (κ2) is 9.33. The molecule has 174 valence electrons. The predicted molar refractivity (Wildman–Crippen MR) is 107 cm³/mol. The molecule has 4 atom stereocenters. The largest absolute Gasteiger partial charge is 0.492 e. The van der Waals surface area contributed by atoms with E-state index in [1.807, 2.05) is 0 Å². The minimum Gasteiger partial charge on any atom is -0.492 e. The molecule has 3 rings (SSSR count). The van der Waals surface area contributed by atoms with E-state index < -0.39 is 48.0 Å². The van der Waals surface area contributed by atoms with Gasteiger partial charge in [-0.3, -0.25) is 19.2 Å². The quantitative estimate of drug-likeness (QED) is 0.473. The van der Waals surface area contributed by atoms with Gasteiger partial charge in [0.15, 0.2) is 11.5 Å². The van der Waals surface area contributed by atoms with Gasteiger partial charge in [0.2, 0.25) is 12.5 Å². The monoisotopic (exact) mass is 451 g/mol. The number of nitrogens with one attached hydrogen (secondary N) is 1. The summed E-state index contributed by atoms with van der Waals surface area (Å²) in [7, 11) is 1.38. The maximum absolute atomic E-state index is 13.0. The van der Waals surface area contributed by atoms with E-state index in [1.165, 1.54) is 27.9 Å². The van der Waals surface area contributed by atoms with Crippen molar-refractivity contribution in [1.82, 2.24) is 5.32 Å². The van der Waals surface area contributed by atoms with E-state index in [0.717, 1.165) is 0 Å². The van der Waals surface area contributed by atoms with Crippen LogP contribution in [0.1, 0.15) is 49.5 Å². The molecule has 0 aromatic heterocycles. The summed E-state index contributed by atoms with van der Waals surface area (Å²) in [5, 5.41) is 2.78. The van der Waals surface area contributed by atoms with Crippen molar-refractivity contribution in [3.63, 3.8) is 0 Å². The molecule has 2 aliphatic rings. The Labute approximate surface area is 184 Å². The lowest BCUT2D eigenvalue weighted by Crippen LogP contribution is -2.54. The highest BCUT2D eigenvalue weighted by Gasteiger charge is 2.46. The Morgan fingerprint density at radius 3 is 2.41 bits per heavy atom. The van der Waals surface area contributed by atoms with Gasteiger partial charge in [0.25, 0.3) is 5.91 Å². The normalized spacial score (nSPS) is 20.3. The Morgan fingerprint density at radius 1 is 1.12 bits per heavy atom. The summed E-state index contributed by atoms with van der Waals surface area (Å²) in [6, 6.07) is 0.799. The van der Waals surface area contributed by atoms with Crippen LogP contribution in [0.25, 0.3) is 0 Å². The second-order valence-electron chi connectivity index (χ2n) is 7.40. The average molecular weight is 451 g/mol. The molecule has 0 unspecified atom stereocenters. The summed E-state index contributed by atoms with van der Waals surface area (Å²) in [5.41, 5.74) is 0.574. The first kappa shape index (κ1) is 23.2. The van der Waals surface area contributed by atoms with Crippen LogP contribution in [0.5, 0.6) is 17.2 Å². The summed E-state index contributed by atoms with van der Waals surface area (Å²) in [6.07, 6.45) is -1.91. The highest BCUT2D eigenvalue weighted by atomic mass is 16.7. The Kier molecular flexibility index (Phi) is 6.75. The van der Waals surface area contributed by atoms with Gasteiger partial charge in [-0.1, -0.05) is 0 Å². The highest BCUT2D eigenvalue weighted by Crippen LogP contribution is 2.49. The number of ether oxygens (including phenoxy) is 6. The van der Waals surface area contributed by atoms with Gasteiger partial charge in [-0.25, -0.2) is 0 Å². The van der Waals surface area contributed by atoms with Crippen molar-refractivity contribution in [2.24, 2.45) is 0 Å². The number of hydrogen-bond acceptors (Lipinski definition) is 10. The number of fused-ring (bicyclic) bond motifs is 2. The Bertz CT molecular complexity index is 943. The molecule has 0 fully saturated rings. The summed E-state index contributed by atoms with van der Waals surface area (Å²) in [5.74, 6) is -2.24. The molecule has 0 spiro atoms. The van der Waals surface area contributed by atoms with Gasteiger partial charge in [0.05, 0.1) is 18.7 Å². The van der Waals surface area contributed by atoms with E-state index in [9.17, 15) is 19.2 Å². The molecular formula is C21H25NO10. The molecule has 0 radical (unpaired) electrons. The summed E-state index contributed by atoms with van der Waals surface area (Å²) in [6.45, 7) is 4.99. The molecule has 32 heavy (non-hydrogen) atoms. The molecule has 0 saturated carbocycles. The molecule has 1 aromatic carbocycles. The van der Waals surface area contributed by atoms with Gasteiger partial charge in [-0.15, -0.1) is 0 Å². The minimum absolute atomic E-state index is 0.0605. The number of benzene rings is 1. The predicted octanol–water partition coefficient (Wildman–Crippen LogP) is 1.07. The third kappa shape index (κ3) is 4.56. The molecule has 0 saturated heterocycles. The molecule has 2 heterocycles. The van der Waals surface area contributed by atoms with Crippen LogP contribution in [0.3, 0.4) is 0 Å². The number of carbonyl (C=O) groups is 4. The molecule has 11 heteroatoms. The van der Waals surface area contributed by atoms with Crippen molar-refractivity contribution in [2.45, 2.75) is 51.9 Å². The fourth-order valence-electron chi connectivity index (χ4n) is 4.01. The maximum atomic E-state index is 13.0. The zero-order valence-corrected chi connectivity index (χ0v) is 18.4. The van der Waals surface area contributed by atoms with Crippen molar-refractivity contribution in [2.75, 3.05) is 20.5 Å². The lowest BCUT2D eigenvalue weighted by Gasteiger charge is -2.40. The number of esters is 3. The van der Waals surface area contributed by atoms with Crippen LogP contribution < -0.4 is 19.5 Å². The number of amides is 1. The van der Waals surface area contributed by atoms with Crippen LogP contribution in [0.2, 0.25) is 0 Å². The number of hydrogen-bond donors (Lipinski definition) is 1. The van der Waals surface area contributed by atoms with Crippen molar-refractivity contribution in [3.8, 4) is 17.2 Å². The lowest BCUT2D eigenvalue weighted by molar-refractivity contribution is -0.167. The van der Waals surface area contributed by atoms with Gasteiger partial charge < -0.3 is 33.7 Å². The molecule has 1 N–H and O–H groups in total. The summed E-state index contributed by atoms with van der Waals surface area (Å²) >= 11 is 0. The van der Waals surface area contributed by atoms with Crippen LogP contribution in [0.15, 0.2) is 6.07 Å². The molecule has 2 aliphatic heterocycles. The van der Waals surface area contributed by atoms with Crippen LogP contribution in [0, 0.1) is 0 Å². The average Bonchev–Trinajstić information content (AvgIpc) is 3.17. The second-order valence-corrected chi connectivity index (χ2v) is 7.40. The molecular weight excluding hydrogens is 426 g/mol. The maximum Gasteiger partial charge on any atom is 0.303 e. The smallest absolute Gasteiger partial charge is 0.303 e. The van der Waals surface area contributed by atoms with E-state index in [4.69, 9.17) is 28.4 Å². The zero-order chi connectivity index (χ0) is 23.6. The minimum atomic E-state index is -1.03. The van der Waals surface area contributed by atoms with Crippen molar-refractivity contribution >= 4 is 23.8 Å².